The largest absolute Gasteiger partial charge is 0.497 e. The molecule has 7 nitrogen and oxygen atoms in total. The third-order valence-electron chi connectivity index (χ3n) is 7.34. The van der Waals surface area contributed by atoms with Crippen molar-refractivity contribution >= 4 is 17.6 Å². The summed E-state index contributed by atoms with van der Waals surface area (Å²) in [6, 6.07) is 25.7. The molecule has 1 aromatic heterocycles. The maximum Gasteiger partial charge on any atom is 0.321 e. The van der Waals surface area contributed by atoms with Crippen LogP contribution in [0.5, 0.6) is 5.75 Å². The molecule has 1 saturated heterocycles. The molecular formula is C32H34N4O3. The SMILES string of the molecule is COc1cccc(-n2c(-c3ccccc3)cc(C(=O)N3CCN(C(=O)Nc4ccc(C)cc4C)CC3)c2C)c1. The first-order valence-electron chi connectivity index (χ1n) is 13.2. The summed E-state index contributed by atoms with van der Waals surface area (Å²) in [4.78, 5) is 30.3. The van der Waals surface area contributed by atoms with Crippen LogP contribution in [0.2, 0.25) is 0 Å². The summed E-state index contributed by atoms with van der Waals surface area (Å²) in [5, 5.41) is 3.02. The molecule has 0 atom stereocenters. The van der Waals surface area contributed by atoms with Gasteiger partial charge in [0.25, 0.3) is 5.91 Å². The predicted molar refractivity (Wildman–Crippen MR) is 155 cm³/mol. The molecule has 0 radical (unpaired) electrons. The van der Waals surface area contributed by atoms with E-state index in [1.165, 1.54) is 0 Å². The van der Waals surface area contributed by atoms with E-state index >= 15 is 0 Å². The van der Waals surface area contributed by atoms with Crippen LogP contribution in [0.3, 0.4) is 0 Å². The molecule has 7 heteroatoms. The van der Waals surface area contributed by atoms with E-state index in [4.69, 9.17) is 4.74 Å². The molecule has 1 fully saturated rings. The molecule has 0 aliphatic carbocycles. The summed E-state index contributed by atoms with van der Waals surface area (Å²) in [6.45, 7) is 7.90. The predicted octanol–water partition coefficient (Wildman–Crippen LogP) is 6.07. The number of aromatic nitrogens is 1. The first-order chi connectivity index (χ1) is 18.9. The summed E-state index contributed by atoms with van der Waals surface area (Å²) in [5.41, 5.74) is 7.41. The molecule has 1 N–H and O–H groups in total. The smallest absolute Gasteiger partial charge is 0.321 e. The zero-order chi connectivity index (χ0) is 27.5. The van der Waals surface area contributed by atoms with Crippen molar-refractivity contribution in [3.63, 3.8) is 0 Å². The highest BCUT2D eigenvalue weighted by Gasteiger charge is 2.28. The summed E-state index contributed by atoms with van der Waals surface area (Å²) < 4.78 is 7.57. The fraction of sp³-hybridized carbons (Fsp3) is 0.250. The van der Waals surface area contributed by atoms with Crippen LogP contribution in [0.15, 0.2) is 78.9 Å². The van der Waals surface area contributed by atoms with Crippen LogP contribution in [-0.4, -0.2) is 59.6 Å². The highest BCUT2D eigenvalue weighted by Crippen LogP contribution is 2.31. The number of benzene rings is 3. The normalized spacial score (nSPS) is 13.3. The number of piperazine rings is 1. The highest BCUT2D eigenvalue weighted by molar-refractivity contribution is 5.98. The van der Waals surface area contributed by atoms with Gasteiger partial charge in [-0.15, -0.1) is 0 Å². The average Bonchev–Trinajstić information content (AvgIpc) is 3.31. The topological polar surface area (TPSA) is 66.8 Å². The van der Waals surface area contributed by atoms with Gasteiger partial charge >= 0.3 is 6.03 Å². The van der Waals surface area contributed by atoms with Gasteiger partial charge in [0.05, 0.1) is 18.4 Å². The second-order valence-corrected chi connectivity index (χ2v) is 9.96. The minimum atomic E-state index is -0.138. The molecule has 0 spiro atoms. The molecule has 2 heterocycles. The number of methoxy groups -OCH3 is 1. The molecule has 0 saturated carbocycles. The summed E-state index contributed by atoms with van der Waals surface area (Å²) in [6.07, 6.45) is 0. The lowest BCUT2D eigenvalue weighted by Gasteiger charge is -2.34. The second kappa shape index (κ2) is 11.1. The van der Waals surface area contributed by atoms with Crippen LogP contribution in [0, 0.1) is 20.8 Å². The van der Waals surface area contributed by atoms with E-state index in [0.29, 0.717) is 31.7 Å². The number of urea groups is 1. The van der Waals surface area contributed by atoms with Crippen LogP contribution in [-0.2, 0) is 0 Å². The van der Waals surface area contributed by atoms with Gasteiger partial charge in [-0.3, -0.25) is 4.79 Å². The lowest BCUT2D eigenvalue weighted by atomic mass is 10.1. The fourth-order valence-corrected chi connectivity index (χ4v) is 5.16. The van der Waals surface area contributed by atoms with Crippen molar-refractivity contribution in [1.29, 1.82) is 0 Å². The van der Waals surface area contributed by atoms with Gasteiger partial charge in [0, 0.05) is 49.3 Å². The number of anilines is 1. The van der Waals surface area contributed by atoms with Crippen molar-refractivity contribution in [2.75, 3.05) is 38.6 Å². The van der Waals surface area contributed by atoms with Crippen LogP contribution >= 0.6 is 0 Å². The molecule has 0 bridgehead atoms. The van der Waals surface area contributed by atoms with Crippen molar-refractivity contribution in [2.45, 2.75) is 20.8 Å². The Morgan fingerprint density at radius 1 is 0.795 bits per heavy atom. The number of hydrogen-bond donors (Lipinski definition) is 1. The van der Waals surface area contributed by atoms with E-state index in [0.717, 1.165) is 45.2 Å². The number of carbonyl (C=O) groups is 2. The van der Waals surface area contributed by atoms with E-state index in [-0.39, 0.29) is 11.9 Å². The van der Waals surface area contributed by atoms with E-state index in [9.17, 15) is 9.59 Å². The molecule has 39 heavy (non-hydrogen) atoms. The lowest BCUT2D eigenvalue weighted by molar-refractivity contribution is 0.0671. The zero-order valence-electron chi connectivity index (χ0n) is 22.9. The molecular weight excluding hydrogens is 488 g/mol. The van der Waals surface area contributed by atoms with Crippen LogP contribution < -0.4 is 10.1 Å². The molecule has 5 rings (SSSR count). The van der Waals surface area contributed by atoms with E-state index < -0.39 is 0 Å². The number of nitrogens with one attached hydrogen (secondary N) is 1. The Kier molecular flexibility index (Phi) is 7.41. The molecule has 3 aromatic carbocycles. The van der Waals surface area contributed by atoms with Crippen LogP contribution in [0.4, 0.5) is 10.5 Å². The molecule has 3 amide bonds. The quantitative estimate of drug-likeness (QED) is 0.346. The first-order valence-corrected chi connectivity index (χ1v) is 13.2. The monoisotopic (exact) mass is 522 g/mol. The zero-order valence-corrected chi connectivity index (χ0v) is 22.9. The van der Waals surface area contributed by atoms with Crippen molar-refractivity contribution in [1.82, 2.24) is 14.4 Å². The number of aryl methyl sites for hydroxylation is 2. The first kappa shape index (κ1) is 26.1. The number of rotatable bonds is 5. The number of ether oxygens (including phenoxy) is 1. The standard InChI is InChI=1S/C32H34N4O3/c1-22-13-14-29(23(2)19-22)33-32(38)35-17-15-34(16-18-35)31(37)28-21-30(25-9-6-5-7-10-25)36(24(28)3)26-11-8-12-27(20-26)39-4/h5-14,19-21H,15-18H2,1-4H3,(H,33,38). The number of amides is 3. The second-order valence-electron chi connectivity index (χ2n) is 9.96. The Labute approximate surface area is 229 Å². The summed E-state index contributed by atoms with van der Waals surface area (Å²) in [7, 11) is 1.65. The molecule has 4 aromatic rings. The Morgan fingerprint density at radius 3 is 2.21 bits per heavy atom. The number of carbonyl (C=O) groups excluding carboxylic acids is 2. The van der Waals surface area contributed by atoms with Gasteiger partial charge in [0.2, 0.25) is 0 Å². The van der Waals surface area contributed by atoms with E-state index in [1.54, 1.807) is 12.0 Å². The van der Waals surface area contributed by atoms with Gasteiger partial charge < -0.3 is 24.4 Å². The lowest BCUT2D eigenvalue weighted by Crippen LogP contribution is -2.51. The van der Waals surface area contributed by atoms with Crippen molar-refractivity contribution in [3.05, 3.63) is 101 Å². The molecule has 1 aliphatic heterocycles. The number of nitrogens with zero attached hydrogens (tertiary/aromatic N) is 3. The van der Waals surface area contributed by atoms with Gasteiger partial charge in [-0.1, -0.05) is 54.1 Å². The summed E-state index contributed by atoms with van der Waals surface area (Å²) in [5.74, 6) is 0.725. The Hall–Kier alpha value is -4.52. The Bertz CT molecular complexity index is 1500. The Morgan fingerprint density at radius 2 is 1.51 bits per heavy atom. The van der Waals surface area contributed by atoms with E-state index in [2.05, 4.69) is 16.0 Å². The minimum Gasteiger partial charge on any atom is -0.497 e. The van der Waals surface area contributed by atoms with Gasteiger partial charge in [-0.2, -0.15) is 0 Å². The van der Waals surface area contributed by atoms with Gasteiger partial charge in [-0.05, 0) is 56.2 Å². The maximum absolute atomic E-state index is 13.8. The minimum absolute atomic E-state index is 0.0271. The van der Waals surface area contributed by atoms with Gasteiger partial charge in [0.15, 0.2) is 0 Å². The van der Waals surface area contributed by atoms with E-state index in [1.807, 2.05) is 98.5 Å². The highest BCUT2D eigenvalue weighted by atomic mass is 16.5. The third kappa shape index (κ3) is 5.39. The van der Waals surface area contributed by atoms with Gasteiger partial charge in [-0.25, -0.2) is 4.79 Å². The van der Waals surface area contributed by atoms with Crippen LogP contribution in [0.25, 0.3) is 16.9 Å². The van der Waals surface area contributed by atoms with Crippen molar-refractivity contribution < 1.29 is 14.3 Å². The Balaban J connectivity index is 1.36. The van der Waals surface area contributed by atoms with Gasteiger partial charge in [0.1, 0.15) is 5.75 Å². The van der Waals surface area contributed by atoms with Crippen LogP contribution in [0.1, 0.15) is 27.2 Å². The third-order valence-corrected chi connectivity index (χ3v) is 7.34. The summed E-state index contributed by atoms with van der Waals surface area (Å²) >= 11 is 0. The number of hydrogen-bond acceptors (Lipinski definition) is 3. The average molecular weight is 523 g/mol. The molecule has 200 valence electrons. The molecule has 0 unspecified atom stereocenters. The molecule has 1 aliphatic rings. The van der Waals surface area contributed by atoms with Crippen molar-refractivity contribution in [3.8, 4) is 22.7 Å². The maximum atomic E-state index is 13.8. The van der Waals surface area contributed by atoms with Crippen molar-refractivity contribution in [2.24, 2.45) is 0 Å². The fourth-order valence-electron chi connectivity index (χ4n) is 5.16.